The molecule has 0 bridgehead atoms. The second-order valence-electron chi connectivity index (χ2n) is 8.62. The Kier molecular flexibility index (Phi) is 6.90. The number of anilines is 1. The molecule has 0 aromatic heterocycles. The van der Waals surface area contributed by atoms with E-state index in [1.807, 2.05) is 12.1 Å². The number of nitrogens with zero attached hydrogens (tertiary/aromatic N) is 2. The minimum atomic E-state index is -0.873. The van der Waals surface area contributed by atoms with Crippen molar-refractivity contribution in [2.45, 2.75) is 44.1 Å². The van der Waals surface area contributed by atoms with Gasteiger partial charge in [0.25, 0.3) is 0 Å². The smallest absolute Gasteiger partial charge is 0.123 e. The summed E-state index contributed by atoms with van der Waals surface area (Å²) in [6.45, 7) is 5.89. The van der Waals surface area contributed by atoms with Gasteiger partial charge in [0.2, 0.25) is 0 Å². The molecule has 2 aliphatic rings. The van der Waals surface area contributed by atoms with Gasteiger partial charge in [-0.05, 0) is 87.2 Å². The molecule has 5 heteroatoms. The molecule has 0 saturated carbocycles. The van der Waals surface area contributed by atoms with Crippen molar-refractivity contribution < 1.29 is 14.2 Å². The van der Waals surface area contributed by atoms with E-state index in [2.05, 4.69) is 21.9 Å². The van der Waals surface area contributed by atoms with Crippen LogP contribution in [-0.4, -0.2) is 49.3 Å². The van der Waals surface area contributed by atoms with Gasteiger partial charge in [0, 0.05) is 25.3 Å². The average Bonchev–Trinajstić information content (AvgIpc) is 2.79. The van der Waals surface area contributed by atoms with Crippen LogP contribution in [0.5, 0.6) is 5.75 Å². The van der Waals surface area contributed by atoms with Crippen molar-refractivity contribution >= 4 is 5.69 Å². The molecular weight excluding hydrogens is 379 g/mol. The maximum absolute atomic E-state index is 13.2. The van der Waals surface area contributed by atoms with Gasteiger partial charge in [-0.3, -0.25) is 0 Å². The van der Waals surface area contributed by atoms with Crippen molar-refractivity contribution in [1.29, 1.82) is 0 Å². The standard InChI is InChI=1S/C25H33FN2O2/c26-22-7-5-21(6-8-22)25(29)13-18-28(19-14-25)23-9-11-24(12-10-23)30-20-4-17-27-15-2-1-3-16-27/h5-12,29H,1-4,13-20H2. The highest BCUT2D eigenvalue weighted by molar-refractivity contribution is 5.49. The second kappa shape index (κ2) is 9.80. The molecule has 2 aromatic carbocycles. The third-order valence-electron chi connectivity index (χ3n) is 6.51. The summed E-state index contributed by atoms with van der Waals surface area (Å²) >= 11 is 0. The van der Waals surface area contributed by atoms with Gasteiger partial charge in [-0.15, -0.1) is 0 Å². The molecule has 0 radical (unpaired) electrons. The lowest BCUT2D eigenvalue weighted by Crippen LogP contribution is -2.42. The molecular formula is C25H33FN2O2. The van der Waals surface area contributed by atoms with Crippen molar-refractivity contribution in [2.75, 3.05) is 44.2 Å². The highest BCUT2D eigenvalue weighted by Crippen LogP contribution is 2.35. The van der Waals surface area contributed by atoms with Gasteiger partial charge in [0.05, 0.1) is 12.2 Å². The Labute approximate surface area is 179 Å². The van der Waals surface area contributed by atoms with Crippen LogP contribution in [0.2, 0.25) is 0 Å². The zero-order valence-electron chi connectivity index (χ0n) is 17.7. The third-order valence-corrected chi connectivity index (χ3v) is 6.51. The monoisotopic (exact) mass is 412 g/mol. The van der Waals surface area contributed by atoms with E-state index in [9.17, 15) is 9.50 Å². The molecule has 0 unspecified atom stereocenters. The van der Waals surface area contributed by atoms with Gasteiger partial charge in [-0.2, -0.15) is 0 Å². The number of hydrogen-bond acceptors (Lipinski definition) is 4. The lowest BCUT2D eigenvalue weighted by atomic mass is 9.84. The predicted molar refractivity (Wildman–Crippen MR) is 119 cm³/mol. The first kappa shape index (κ1) is 21.1. The van der Waals surface area contributed by atoms with E-state index < -0.39 is 5.60 Å². The largest absolute Gasteiger partial charge is 0.494 e. The number of piperidine rings is 2. The van der Waals surface area contributed by atoms with Crippen molar-refractivity contribution in [3.05, 3.63) is 59.9 Å². The normalized spacial score (nSPS) is 19.6. The van der Waals surface area contributed by atoms with E-state index in [0.29, 0.717) is 12.8 Å². The molecule has 0 atom stereocenters. The van der Waals surface area contributed by atoms with Gasteiger partial charge in [-0.25, -0.2) is 4.39 Å². The Morgan fingerprint density at radius 1 is 0.867 bits per heavy atom. The summed E-state index contributed by atoms with van der Waals surface area (Å²) in [4.78, 5) is 4.83. The fourth-order valence-corrected chi connectivity index (χ4v) is 4.60. The van der Waals surface area contributed by atoms with E-state index in [-0.39, 0.29) is 5.82 Å². The zero-order valence-corrected chi connectivity index (χ0v) is 17.7. The van der Waals surface area contributed by atoms with Crippen LogP contribution >= 0.6 is 0 Å². The van der Waals surface area contributed by atoms with Gasteiger partial charge in [-0.1, -0.05) is 18.6 Å². The summed E-state index contributed by atoms with van der Waals surface area (Å²) in [7, 11) is 0. The van der Waals surface area contributed by atoms with E-state index >= 15 is 0 Å². The average molecular weight is 413 g/mol. The number of benzene rings is 2. The lowest BCUT2D eigenvalue weighted by molar-refractivity contribution is 0.0117. The summed E-state index contributed by atoms with van der Waals surface area (Å²) in [6, 6.07) is 14.5. The van der Waals surface area contributed by atoms with Crippen molar-refractivity contribution in [3.8, 4) is 5.75 Å². The quantitative estimate of drug-likeness (QED) is 0.676. The van der Waals surface area contributed by atoms with Crippen LogP contribution in [0.25, 0.3) is 0 Å². The highest BCUT2D eigenvalue weighted by atomic mass is 19.1. The van der Waals surface area contributed by atoms with Crippen LogP contribution in [0.3, 0.4) is 0 Å². The number of aliphatic hydroxyl groups is 1. The summed E-state index contributed by atoms with van der Waals surface area (Å²) in [5.74, 6) is 0.644. The van der Waals surface area contributed by atoms with Gasteiger partial charge in [0.15, 0.2) is 0 Å². The van der Waals surface area contributed by atoms with Crippen molar-refractivity contribution in [1.82, 2.24) is 4.90 Å². The molecule has 4 rings (SSSR count). The maximum Gasteiger partial charge on any atom is 0.123 e. The summed E-state index contributed by atoms with van der Waals surface area (Å²) in [5, 5.41) is 11.0. The maximum atomic E-state index is 13.2. The lowest BCUT2D eigenvalue weighted by Gasteiger charge is -2.39. The summed E-state index contributed by atoms with van der Waals surface area (Å²) in [6.07, 6.45) is 6.37. The molecule has 2 saturated heterocycles. The minimum Gasteiger partial charge on any atom is -0.494 e. The summed E-state index contributed by atoms with van der Waals surface area (Å²) in [5.41, 5.74) is 1.08. The fraction of sp³-hybridized carbons (Fsp3) is 0.520. The molecule has 4 nitrogen and oxygen atoms in total. The number of hydrogen-bond donors (Lipinski definition) is 1. The van der Waals surface area contributed by atoms with Crippen LogP contribution < -0.4 is 9.64 Å². The topological polar surface area (TPSA) is 35.9 Å². The molecule has 2 aliphatic heterocycles. The Morgan fingerprint density at radius 3 is 2.20 bits per heavy atom. The Hall–Kier alpha value is -2.11. The van der Waals surface area contributed by atoms with Gasteiger partial charge in [0.1, 0.15) is 11.6 Å². The van der Waals surface area contributed by atoms with Crippen molar-refractivity contribution in [2.24, 2.45) is 0 Å². The van der Waals surface area contributed by atoms with Crippen LogP contribution in [0.4, 0.5) is 10.1 Å². The Bertz CT molecular complexity index is 780. The third kappa shape index (κ3) is 5.32. The van der Waals surface area contributed by atoms with E-state index in [1.54, 1.807) is 12.1 Å². The Balaban J connectivity index is 1.23. The van der Waals surface area contributed by atoms with Crippen molar-refractivity contribution in [3.63, 3.8) is 0 Å². The summed E-state index contributed by atoms with van der Waals surface area (Å²) < 4.78 is 19.1. The molecule has 0 aliphatic carbocycles. The first-order valence-electron chi connectivity index (χ1n) is 11.3. The predicted octanol–water partition coefficient (Wildman–Crippen LogP) is 4.57. The molecule has 1 N–H and O–H groups in total. The molecule has 30 heavy (non-hydrogen) atoms. The van der Waals surface area contributed by atoms with Crippen LogP contribution in [0.1, 0.15) is 44.1 Å². The van der Waals surface area contributed by atoms with Gasteiger partial charge >= 0.3 is 0 Å². The molecule has 2 fully saturated rings. The number of halogens is 1. The number of likely N-dealkylation sites (tertiary alicyclic amines) is 1. The first-order valence-corrected chi connectivity index (χ1v) is 11.3. The highest BCUT2D eigenvalue weighted by Gasteiger charge is 2.34. The van der Waals surface area contributed by atoms with E-state index in [0.717, 1.165) is 49.7 Å². The first-order chi connectivity index (χ1) is 14.6. The van der Waals surface area contributed by atoms with Gasteiger partial charge < -0.3 is 19.6 Å². The molecule has 0 amide bonds. The van der Waals surface area contributed by atoms with E-state index in [4.69, 9.17) is 4.74 Å². The van der Waals surface area contributed by atoms with Crippen LogP contribution in [-0.2, 0) is 5.60 Å². The molecule has 2 heterocycles. The minimum absolute atomic E-state index is 0.270. The molecule has 2 aromatic rings. The van der Waals surface area contributed by atoms with E-state index in [1.165, 1.54) is 44.5 Å². The number of rotatable bonds is 7. The molecule has 162 valence electrons. The fourth-order valence-electron chi connectivity index (χ4n) is 4.60. The molecule has 0 spiro atoms. The SMILES string of the molecule is OC1(c2ccc(F)cc2)CCN(c2ccc(OCCCN3CCCCC3)cc2)CC1. The zero-order chi connectivity index (χ0) is 20.8. The number of ether oxygens (including phenoxy) is 1. The second-order valence-corrected chi connectivity index (χ2v) is 8.62. The Morgan fingerprint density at radius 2 is 1.53 bits per heavy atom. The van der Waals surface area contributed by atoms with Crippen LogP contribution in [0.15, 0.2) is 48.5 Å². The van der Waals surface area contributed by atoms with Crippen LogP contribution in [0, 0.1) is 5.82 Å².